The van der Waals surface area contributed by atoms with Gasteiger partial charge in [-0.3, -0.25) is 9.98 Å². The van der Waals surface area contributed by atoms with E-state index >= 15 is 0 Å². The summed E-state index contributed by atoms with van der Waals surface area (Å²) in [6.45, 7) is 0. The molecular weight excluding hydrogens is 407 g/mol. The summed E-state index contributed by atoms with van der Waals surface area (Å²) in [6.07, 6.45) is 5.60. The van der Waals surface area contributed by atoms with Gasteiger partial charge in [0.25, 0.3) is 0 Å². The van der Waals surface area contributed by atoms with Crippen LogP contribution in [0, 0.1) is 0 Å². The number of rotatable bonds is 3. The van der Waals surface area contributed by atoms with E-state index in [1.807, 2.05) is 36.4 Å². The minimum absolute atomic E-state index is 0. The Kier molecular flexibility index (Phi) is 9.36. The fourth-order valence-corrected chi connectivity index (χ4v) is 1.87. The molecule has 0 aliphatic carbocycles. The number of halogens is 1. The molecule has 2 rings (SSSR count). The van der Waals surface area contributed by atoms with E-state index in [1.54, 1.807) is 24.2 Å². The first kappa shape index (κ1) is 17.6. The van der Waals surface area contributed by atoms with E-state index in [-0.39, 0.29) is 41.0 Å². The van der Waals surface area contributed by atoms with Crippen LogP contribution in [0.4, 0.5) is 5.69 Å². The Morgan fingerprint density at radius 3 is 2.50 bits per heavy atom. The van der Waals surface area contributed by atoms with Crippen molar-refractivity contribution >= 4 is 23.7 Å². The van der Waals surface area contributed by atoms with Crippen LogP contribution >= 0.6 is 11.8 Å². The molecule has 1 aromatic carbocycles. The normalized spacial score (nSPS) is 9.61. The maximum atomic E-state index is 4.44. The predicted molar refractivity (Wildman–Crippen MR) is 69.7 cm³/mol. The molecule has 0 amide bonds. The number of hydrogen-bond donors (Lipinski definition) is 0. The summed E-state index contributed by atoms with van der Waals surface area (Å²) in [7, 11) is 0. The molecule has 0 atom stereocenters. The zero-order valence-corrected chi connectivity index (χ0v) is 13.6. The second kappa shape index (κ2) is 9.55. The minimum atomic E-state index is 0. The second-order valence-electron chi connectivity index (χ2n) is 3.18. The van der Waals surface area contributed by atoms with Crippen LogP contribution in [0.2, 0.25) is 0 Å². The van der Waals surface area contributed by atoms with Crippen molar-refractivity contribution in [3.63, 3.8) is 0 Å². The quantitative estimate of drug-likeness (QED) is 0.315. The van der Waals surface area contributed by atoms with E-state index in [1.165, 1.54) is 4.90 Å². The first-order chi connectivity index (χ1) is 7.90. The molecule has 0 aliphatic rings. The van der Waals surface area contributed by atoms with Crippen LogP contribution in [0.15, 0.2) is 58.5 Å². The third-order valence-electron chi connectivity index (χ3n) is 2.11. The molecule has 0 N–H and O–H groups in total. The average molecular weight is 419 g/mol. The van der Waals surface area contributed by atoms with Crippen molar-refractivity contribution in [2.45, 2.75) is 4.90 Å². The van der Waals surface area contributed by atoms with Crippen molar-refractivity contribution in [3.8, 4) is 0 Å². The number of para-hydroxylation sites is 1. The van der Waals surface area contributed by atoms with Gasteiger partial charge in [0, 0.05) is 11.1 Å². The van der Waals surface area contributed by atoms with Crippen molar-refractivity contribution < 1.29 is 41.0 Å². The van der Waals surface area contributed by atoms with Gasteiger partial charge >= 0.3 is 17.1 Å². The summed E-state index contributed by atoms with van der Waals surface area (Å²) in [4.78, 5) is 9.81. The molecule has 1 heterocycles. The van der Waals surface area contributed by atoms with E-state index in [0.29, 0.717) is 0 Å². The molecule has 1 aromatic heterocycles. The van der Waals surface area contributed by atoms with Crippen molar-refractivity contribution in [3.05, 3.63) is 54.4 Å². The van der Waals surface area contributed by atoms with Crippen LogP contribution < -0.4 is 24.0 Å². The molecule has 0 aliphatic heterocycles. The molecular formula is C13H12CuIN2S. The fraction of sp³-hybridized carbons (Fsp3) is 0.0769. The number of nitrogens with zero attached hydrogens (tertiary/aromatic N) is 2. The van der Waals surface area contributed by atoms with Crippen LogP contribution in [0.1, 0.15) is 5.69 Å². The molecule has 0 radical (unpaired) electrons. The van der Waals surface area contributed by atoms with Gasteiger partial charge in [-0.05, 0) is 30.5 Å². The number of hydrogen-bond acceptors (Lipinski definition) is 3. The zero-order valence-electron chi connectivity index (χ0n) is 9.68. The van der Waals surface area contributed by atoms with Gasteiger partial charge in [0.2, 0.25) is 0 Å². The third kappa shape index (κ3) is 5.10. The van der Waals surface area contributed by atoms with Crippen molar-refractivity contribution in [1.82, 2.24) is 4.98 Å². The average Bonchev–Trinajstić information content (AvgIpc) is 2.38. The first-order valence-corrected chi connectivity index (χ1v) is 6.21. The summed E-state index contributed by atoms with van der Waals surface area (Å²) < 4.78 is 0. The van der Waals surface area contributed by atoms with Gasteiger partial charge in [-0.25, -0.2) is 0 Å². The third-order valence-corrected chi connectivity index (χ3v) is 2.89. The maximum absolute atomic E-state index is 4.44. The molecule has 0 bridgehead atoms. The van der Waals surface area contributed by atoms with E-state index in [0.717, 1.165) is 11.4 Å². The van der Waals surface area contributed by atoms with Crippen molar-refractivity contribution in [2.75, 3.05) is 6.26 Å². The topological polar surface area (TPSA) is 25.2 Å². The standard InChI is InChI=1S/C13H12N2S.Cu.HI/c1-16-13-8-3-2-7-12(13)15-10-11-6-4-5-9-14-11;;/h2-10H,1H3;;1H/q;+1;/p-1/b15-10+;;. The Labute approximate surface area is 139 Å². The van der Waals surface area contributed by atoms with Crippen LogP contribution in [0.25, 0.3) is 0 Å². The van der Waals surface area contributed by atoms with Gasteiger partial charge in [0.1, 0.15) is 0 Å². The molecule has 0 saturated carbocycles. The van der Waals surface area contributed by atoms with Gasteiger partial charge in [0.05, 0.1) is 17.6 Å². The minimum Gasteiger partial charge on any atom is -1.00 e. The Morgan fingerprint density at radius 2 is 1.83 bits per heavy atom. The molecule has 0 fully saturated rings. The SMILES string of the molecule is CSc1ccccc1/N=C/c1ccccn1.[Cu+].[I-]. The van der Waals surface area contributed by atoms with Crippen molar-refractivity contribution in [1.29, 1.82) is 0 Å². The van der Waals surface area contributed by atoms with E-state index in [4.69, 9.17) is 0 Å². The smallest absolute Gasteiger partial charge is 1.00 e. The molecule has 0 saturated heterocycles. The van der Waals surface area contributed by atoms with Crippen molar-refractivity contribution in [2.24, 2.45) is 4.99 Å². The molecule has 5 heteroatoms. The van der Waals surface area contributed by atoms with Crippen LogP contribution in [-0.4, -0.2) is 17.5 Å². The van der Waals surface area contributed by atoms with Gasteiger partial charge in [0.15, 0.2) is 0 Å². The zero-order chi connectivity index (χ0) is 11.2. The summed E-state index contributed by atoms with van der Waals surface area (Å²) in [5.41, 5.74) is 1.86. The molecule has 2 aromatic rings. The van der Waals surface area contributed by atoms with Crippen LogP contribution in [0.5, 0.6) is 0 Å². The Bertz CT molecular complexity index is 491. The first-order valence-electron chi connectivity index (χ1n) is 4.98. The summed E-state index contributed by atoms with van der Waals surface area (Å²) in [5, 5.41) is 0. The molecule has 0 unspecified atom stereocenters. The summed E-state index contributed by atoms with van der Waals surface area (Å²) >= 11 is 1.70. The summed E-state index contributed by atoms with van der Waals surface area (Å²) in [6, 6.07) is 13.9. The van der Waals surface area contributed by atoms with Crippen LogP contribution in [0.3, 0.4) is 0 Å². The number of pyridine rings is 1. The monoisotopic (exact) mass is 418 g/mol. The number of benzene rings is 1. The number of thioether (sulfide) groups is 1. The van der Waals surface area contributed by atoms with Gasteiger partial charge < -0.3 is 24.0 Å². The van der Waals surface area contributed by atoms with E-state index < -0.39 is 0 Å². The number of aromatic nitrogens is 1. The summed E-state index contributed by atoms with van der Waals surface area (Å²) in [5.74, 6) is 0. The fourth-order valence-electron chi connectivity index (χ4n) is 1.32. The molecule has 2 nitrogen and oxygen atoms in total. The largest absolute Gasteiger partial charge is 1.00 e. The molecule has 0 spiro atoms. The molecule has 98 valence electrons. The van der Waals surface area contributed by atoms with Gasteiger partial charge in [-0.2, -0.15) is 0 Å². The van der Waals surface area contributed by atoms with Crippen LogP contribution in [-0.2, 0) is 17.1 Å². The Balaban J connectivity index is 0.00000144. The van der Waals surface area contributed by atoms with E-state index in [9.17, 15) is 0 Å². The predicted octanol–water partition coefficient (Wildman–Crippen LogP) is 0.556. The Morgan fingerprint density at radius 1 is 1.11 bits per heavy atom. The second-order valence-corrected chi connectivity index (χ2v) is 4.03. The van der Waals surface area contributed by atoms with E-state index in [2.05, 4.69) is 22.3 Å². The maximum Gasteiger partial charge on any atom is 1.00 e. The Hall–Kier alpha value is -0.361. The van der Waals surface area contributed by atoms with Gasteiger partial charge in [-0.15, -0.1) is 11.8 Å². The van der Waals surface area contributed by atoms with Gasteiger partial charge in [-0.1, -0.05) is 18.2 Å². The number of aliphatic imine (C=N–C) groups is 1. The molecule has 18 heavy (non-hydrogen) atoms.